The third-order valence-electron chi connectivity index (χ3n) is 11.9. The van der Waals surface area contributed by atoms with Gasteiger partial charge in [0.2, 0.25) is 0 Å². The molecule has 47 heavy (non-hydrogen) atoms. The number of aliphatic imine (C=N–C) groups is 1. The SMILES string of the molecule is N=C1N(CCCC[C@H]2CN=C(N)N2CCCCC2CCCCC2)C[C@H](CC2CCCCC2)N1CCc1ccc(-c2ccccc2)cc1. The summed E-state index contributed by atoms with van der Waals surface area (Å²) in [6.45, 7) is 4.88. The molecule has 6 heteroatoms. The van der Waals surface area contributed by atoms with Crippen molar-refractivity contribution in [1.29, 1.82) is 5.41 Å². The Balaban J connectivity index is 0.964. The molecule has 6 nitrogen and oxygen atoms in total. The van der Waals surface area contributed by atoms with E-state index in [9.17, 15) is 5.41 Å². The largest absolute Gasteiger partial charge is 0.370 e. The molecule has 2 heterocycles. The molecule has 4 aliphatic rings. The van der Waals surface area contributed by atoms with Gasteiger partial charge in [-0.3, -0.25) is 10.4 Å². The summed E-state index contributed by atoms with van der Waals surface area (Å²) < 4.78 is 0. The second-order valence-corrected chi connectivity index (χ2v) is 15.2. The molecule has 3 N–H and O–H groups in total. The van der Waals surface area contributed by atoms with Crippen molar-refractivity contribution in [2.24, 2.45) is 22.6 Å². The molecule has 1 saturated heterocycles. The van der Waals surface area contributed by atoms with Crippen LogP contribution in [0.5, 0.6) is 0 Å². The third kappa shape index (κ3) is 9.54. The maximum Gasteiger partial charge on any atom is 0.194 e. The molecule has 0 spiro atoms. The van der Waals surface area contributed by atoms with Crippen molar-refractivity contribution in [3.63, 3.8) is 0 Å². The Labute approximate surface area is 285 Å². The fraction of sp³-hybridized carbons (Fsp3) is 0.659. The smallest absolute Gasteiger partial charge is 0.194 e. The van der Waals surface area contributed by atoms with E-state index in [0.29, 0.717) is 12.1 Å². The molecular weight excluding hydrogens is 576 g/mol. The molecule has 2 aliphatic carbocycles. The molecule has 2 aromatic rings. The highest BCUT2D eigenvalue weighted by atomic mass is 15.4. The second-order valence-electron chi connectivity index (χ2n) is 15.2. The van der Waals surface area contributed by atoms with Crippen LogP contribution in [-0.2, 0) is 6.42 Å². The molecule has 0 bridgehead atoms. The van der Waals surface area contributed by atoms with Crippen LogP contribution < -0.4 is 5.73 Å². The van der Waals surface area contributed by atoms with Crippen molar-refractivity contribution in [2.45, 2.75) is 128 Å². The second kappa shape index (κ2) is 17.4. The van der Waals surface area contributed by atoms with Gasteiger partial charge in [0.15, 0.2) is 11.9 Å². The summed E-state index contributed by atoms with van der Waals surface area (Å²) in [5.41, 5.74) is 10.3. The molecule has 0 radical (unpaired) electrons. The standard InChI is InChI=1S/C41H62N6/c42-40-44-31-38(46(40)28-13-10-16-33-14-4-1-5-15-33)21-11-12-27-45-32-39(30-35-17-6-2-7-18-35)47(41(45)43)29-26-34-22-24-37(25-23-34)36-19-8-3-9-20-36/h3,8-9,19-20,22-25,33,35,38-39,43H,1-2,4-7,10-18,21,26-32H2,(H2,42,44)/t38-,39-/m0/s1. The summed E-state index contributed by atoms with van der Waals surface area (Å²) in [6.07, 6.45) is 23.9. The van der Waals surface area contributed by atoms with Crippen LogP contribution in [0.15, 0.2) is 59.6 Å². The van der Waals surface area contributed by atoms with Crippen LogP contribution >= 0.6 is 0 Å². The number of hydrogen-bond donors (Lipinski definition) is 2. The first-order valence-corrected chi connectivity index (χ1v) is 19.4. The number of unbranched alkanes of at least 4 members (excludes halogenated alkanes) is 2. The van der Waals surface area contributed by atoms with E-state index >= 15 is 0 Å². The van der Waals surface area contributed by atoms with Crippen molar-refractivity contribution >= 4 is 11.9 Å². The lowest BCUT2D eigenvalue weighted by molar-refractivity contribution is 0.244. The van der Waals surface area contributed by atoms with E-state index in [1.54, 1.807) is 0 Å². The molecule has 2 saturated carbocycles. The molecular formula is C41H62N6. The zero-order valence-corrected chi connectivity index (χ0v) is 29.1. The van der Waals surface area contributed by atoms with Crippen LogP contribution in [-0.4, -0.2) is 71.4 Å². The number of guanidine groups is 2. The minimum absolute atomic E-state index is 0.464. The lowest BCUT2D eigenvalue weighted by Crippen LogP contribution is -2.41. The highest BCUT2D eigenvalue weighted by molar-refractivity contribution is 5.80. The van der Waals surface area contributed by atoms with Gasteiger partial charge in [0.05, 0.1) is 12.6 Å². The Morgan fingerprint density at radius 3 is 2.06 bits per heavy atom. The van der Waals surface area contributed by atoms with Crippen LogP contribution in [0.4, 0.5) is 0 Å². The molecule has 0 aromatic heterocycles. The van der Waals surface area contributed by atoms with Gasteiger partial charge in [-0.2, -0.15) is 0 Å². The average molecular weight is 639 g/mol. The van der Waals surface area contributed by atoms with Gasteiger partial charge in [0.1, 0.15) is 0 Å². The highest BCUT2D eigenvalue weighted by Crippen LogP contribution is 2.32. The lowest BCUT2D eigenvalue weighted by Gasteiger charge is -2.30. The van der Waals surface area contributed by atoms with E-state index in [2.05, 4.69) is 74.3 Å². The summed E-state index contributed by atoms with van der Waals surface area (Å²) in [5, 5.41) is 9.26. The number of benzene rings is 2. The molecule has 6 rings (SSSR count). The van der Waals surface area contributed by atoms with E-state index in [4.69, 9.17) is 5.73 Å². The molecule has 2 atom stereocenters. The van der Waals surface area contributed by atoms with Crippen LogP contribution in [0.2, 0.25) is 0 Å². The zero-order valence-electron chi connectivity index (χ0n) is 29.1. The summed E-state index contributed by atoms with van der Waals surface area (Å²) in [4.78, 5) is 11.9. The molecule has 256 valence electrons. The van der Waals surface area contributed by atoms with Crippen molar-refractivity contribution in [1.82, 2.24) is 14.7 Å². The first kappa shape index (κ1) is 33.9. The van der Waals surface area contributed by atoms with Gasteiger partial charge in [-0.05, 0) is 67.1 Å². The normalized spacial score (nSPS) is 22.8. The number of nitrogens with one attached hydrogen (secondary N) is 1. The van der Waals surface area contributed by atoms with E-state index in [0.717, 1.165) is 75.7 Å². The first-order valence-electron chi connectivity index (χ1n) is 19.4. The predicted molar refractivity (Wildman–Crippen MR) is 198 cm³/mol. The van der Waals surface area contributed by atoms with Crippen molar-refractivity contribution in [3.05, 3.63) is 60.2 Å². The third-order valence-corrected chi connectivity index (χ3v) is 11.9. The molecule has 3 fully saturated rings. The Bertz CT molecular complexity index is 1250. The lowest BCUT2D eigenvalue weighted by atomic mass is 9.84. The van der Waals surface area contributed by atoms with Gasteiger partial charge >= 0.3 is 0 Å². The molecule has 0 amide bonds. The summed E-state index contributed by atoms with van der Waals surface area (Å²) in [5.74, 6) is 3.33. The van der Waals surface area contributed by atoms with Gasteiger partial charge in [-0.1, -0.05) is 132 Å². The van der Waals surface area contributed by atoms with Gasteiger partial charge in [-0.15, -0.1) is 0 Å². The maximum atomic E-state index is 9.26. The summed E-state index contributed by atoms with van der Waals surface area (Å²) in [7, 11) is 0. The number of hydrogen-bond acceptors (Lipinski definition) is 4. The summed E-state index contributed by atoms with van der Waals surface area (Å²) in [6, 6.07) is 20.7. The van der Waals surface area contributed by atoms with Crippen LogP contribution in [0, 0.1) is 17.2 Å². The van der Waals surface area contributed by atoms with E-state index in [1.807, 2.05) is 0 Å². The van der Waals surface area contributed by atoms with Gasteiger partial charge in [0, 0.05) is 32.2 Å². The Kier molecular flexibility index (Phi) is 12.5. The average Bonchev–Trinajstić information content (AvgIpc) is 3.62. The van der Waals surface area contributed by atoms with Crippen molar-refractivity contribution < 1.29 is 0 Å². The molecule has 0 unspecified atom stereocenters. The summed E-state index contributed by atoms with van der Waals surface area (Å²) >= 11 is 0. The van der Waals surface area contributed by atoms with E-state index in [-0.39, 0.29) is 0 Å². The van der Waals surface area contributed by atoms with Crippen LogP contribution in [0.1, 0.15) is 115 Å². The minimum Gasteiger partial charge on any atom is -0.370 e. The molecule has 2 aromatic carbocycles. The minimum atomic E-state index is 0.464. The topological polar surface area (TPSA) is 71.9 Å². The fourth-order valence-corrected chi connectivity index (χ4v) is 9.03. The maximum absolute atomic E-state index is 9.26. The Hall–Kier alpha value is -3.02. The quantitative estimate of drug-likeness (QED) is 0.181. The fourth-order valence-electron chi connectivity index (χ4n) is 9.03. The van der Waals surface area contributed by atoms with Crippen molar-refractivity contribution in [2.75, 3.05) is 32.7 Å². The predicted octanol–water partition coefficient (Wildman–Crippen LogP) is 8.71. The Morgan fingerprint density at radius 1 is 0.660 bits per heavy atom. The molecule has 2 aliphatic heterocycles. The first-order chi connectivity index (χ1) is 23.1. The van der Waals surface area contributed by atoms with Crippen molar-refractivity contribution in [3.8, 4) is 11.1 Å². The van der Waals surface area contributed by atoms with Crippen LogP contribution in [0.25, 0.3) is 11.1 Å². The van der Waals surface area contributed by atoms with Crippen LogP contribution in [0.3, 0.4) is 0 Å². The zero-order chi connectivity index (χ0) is 32.3. The van der Waals surface area contributed by atoms with E-state index < -0.39 is 0 Å². The van der Waals surface area contributed by atoms with Gasteiger partial charge in [-0.25, -0.2) is 0 Å². The number of nitrogens with zero attached hydrogens (tertiary/aromatic N) is 4. The number of rotatable bonds is 16. The monoisotopic (exact) mass is 639 g/mol. The van der Waals surface area contributed by atoms with Gasteiger partial charge < -0.3 is 20.4 Å². The number of nitrogens with two attached hydrogens (primary N) is 1. The Morgan fingerprint density at radius 2 is 1.32 bits per heavy atom. The highest BCUT2D eigenvalue weighted by Gasteiger charge is 2.35. The van der Waals surface area contributed by atoms with E-state index in [1.165, 1.54) is 113 Å². The van der Waals surface area contributed by atoms with Gasteiger partial charge in [0.25, 0.3) is 0 Å².